The summed E-state index contributed by atoms with van der Waals surface area (Å²) in [6.45, 7) is 1.57. The second kappa shape index (κ2) is 4.52. The molecule has 2 N–H and O–H groups in total. The summed E-state index contributed by atoms with van der Waals surface area (Å²) in [4.78, 5) is 18.3. The van der Waals surface area contributed by atoms with Crippen LogP contribution in [-0.2, 0) is 0 Å². The van der Waals surface area contributed by atoms with Crippen molar-refractivity contribution in [1.82, 2.24) is 9.88 Å². The van der Waals surface area contributed by atoms with E-state index in [0.717, 1.165) is 25.9 Å². The number of fused-ring (bicyclic) bond motifs is 1. The summed E-state index contributed by atoms with van der Waals surface area (Å²) in [6.07, 6.45) is 3.80. The first kappa shape index (κ1) is 11.9. The van der Waals surface area contributed by atoms with Crippen molar-refractivity contribution < 1.29 is 4.79 Å². The summed E-state index contributed by atoms with van der Waals surface area (Å²) in [5.74, 6) is 1.01. The lowest BCUT2D eigenvalue weighted by Crippen LogP contribution is -2.33. The van der Waals surface area contributed by atoms with Crippen molar-refractivity contribution in [1.29, 1.82) is 0 Å². The Bertz CT molecular complexity index is 479. The van der Waals surface area contributed by atoms with Crippen LogP contribution in [0.2, 0.25) is 5.02 Å². The van der Waals surface area contributed by atoms with E-state index in [2.05, 4.69) is 4.98 Å². The zero-order valence-corrected chi connectivity index (χ0v) is 10.8. The van der Waals surface area contributed by atoms with Gasteiger partial charge in [-0.05, 0) is 36.8 Å². The molecule has 18 heavy (non-hydrogen) atoms. The number of nitrogens with zero attached hydrogens (tertiary/aromatic N) is 2. The Labute approximate surface area is 111 Å². The van der Waals surface area contributed by atoms with Crippen LogP contribution >= 0.6 is 11.6 Å². The van der Waals surface area contributed by atoms with Crippen LogP contribution in [0.1, 0.15) is 23.3 Å². The second-order valence-electron chi connectivity index (χ2n) is 5.23. The van der Waals surface area contributed by atoms with Crippen molar-refractivity contribution in [3.8, 4) is 0 Å². The lowest BCUT2D eigenvalue weighted by molar-refractivity contribution is 0.0774. The maximum atomic E-state index is 12.3. The predicted octanol–water partition coefficient (Wildman–Crippen LogP) is 1.54. The minimum atomic E-state index is -0.0286. The van der Waals surface area contributed by atoms with E-state index in [9.17, 15) is 4.79 Å². The first-order chi connectivity index (χ1) is 8.65. The number of rotatable bonds is 1. The largest absolute Gasteiger partial charge is 0.337 e. The normalized spacial score (nSPS) is 30.6. The Morgan fingerprint density at radius 3 is 3.00 bits per heavy atom. The van der Waals surface area contributed by atoms with E-state index in [0.29, 0.717) is 22.6 Å². The summed E-state index contributed by atoms with van der Waals surface area (Å²) in [7, 11) is 0. The molecular weight excluding hydrogens is 250 g/mol. The van der Waals surface area contributed by atoms with Crippen LogP contribution in [0.15, 0.2) is 18.3 Å². The van der Waals surface area contributed by atoms with Crippen LogP contribution in [0.4, 0.5) is 0 Å². The molecule has 2 fully saturated rings. The van der Waals surface area contributed by atoms with Crippen molar-refractivity contribution in [2.45, 2.75) is 18.9 Å². The van der Waals surface area contributed by atoms with Crippen LogP contribution < -0.4 is 5.73 Å². The van der Waals surface area contributed by atoms with E-state index in [4.69, 9.17) is 17.3 Å². The standard InChI is InChI=1S/C13H16ClN3O/c14-9-3-4-16-12(5-9)13(18)17-6-8-1-2-11(15)10(8)7-17/h3-5,8,10-11H,1-2,6-7,15H2. The monoisotopic (exact) mass is 265 g/mol. The average molecular weight is 266 g/mol. The van der Waals surface area contributed by atoms with Gasteiger partial charge in [-0.2, -0.15) is 0 Å². The molecule has 3 atom stereocenters. The van der Waals surface area contributed by atoms with Gasteiger partial charge in [0.25, 0.3) is 5.91 Å². The van der Waals surface area contributed by atoms with Crippen molar-refractivity contribution in [3.63, 3.8) is 0 Å². The highest BCUT2D eigenvalue weighted by Crippen LogP contribution is 2.37. The van der Waals surface area contributed by atoms with Gasteiger partial charge in [0.2, 0.25) is 0 Å². The molecule has 1 aliphatic heterocycles. The number of pyridine rings is 1. The lowest BCUT2D eigenvalue weighted by Gasteiger charge is -2.18. The van der Waals surface area contributed by atoms with E-state index in [-0.39, 0.29) is 11.9 Å². The number of carbonyl (C=O) groups is 1. The molecule has 2 aliphatic rings. The molecule has 1 aromatic rings. The third-order valence-electron chi connectivity index (χ3n) is 4.14. The highest BCUT2D eigenvalue weighted by molar-refractivity contribution is 6.30. The van der Waals surface area contributed by atoms with E-state index in [1.165, 1.54) is 0 Å². The summed E-state index contributed by atoms with van der Waals surface area (Å²) < 4.78 is 0. The fraction of sp³-hybridized carbons (Fsp3) is 0.538. The fourth-order valence-corrected chi connectivity index (χ4v) is 3.32. The highest BCUT2D eigenvalue weighted by Gasteiger charge is 2.42. The topological polar surface area (TPSA) is 59.2 Å². The van der Waals surface area contributed by atoms with Crippen molar-refractivity contribution in [3.05, 3.63) is 29.0 Å². The maximum Gasteiger partial charge on any atom is 0.272 e. The number of likely N-dealkylation sites (tertiary alicyclic amines) is 1. The molecule has 1 saturated heterocycles. The molecule has 0 radical (unpaired) electrons. The molecule has 96 valence electrons. The zero-order valence-electron chi connectivity index (χ0n) is 10.1. The molecule has 4 nitrogen and oxygen atoms in total. The smallest absolute Gasteiger partial charge is 0.272 e. The van der Waals surface area contributed by atoms with Gasteiger partial charge in [0.15, 0.2) is 0 Å². The van der Waals surface area contributed by atoms with Crippen LogP contribution in [0.25, 0.3) is 0 Å². The third kappa shape index (κ3) is 1.99. The molecule has 0 aromatic carbocycles. The average Bonchev–Trinajstić information content (AvgIpc) is 2.91. The van der Waals surface area contributed by atoms with Gasteiger partial charge >= 0.3 is 0 Å². The second-order valence-corrected chi connectivity index (χ2v) is 5.67. The summed E-state index contributed by atoms with van der Waals surface area (Å²) in [5.41, 5.74) is 6.50. The van der Waals surface area contributed by atoms with Gasteiger partial charge in [-0.1, -0.05) is 11.6 Å². The van der Waals surface area contributed by atoms with Crippen LogP contribution in [-0.4, -0.2) is 34.9 Å². The molecule has 1 saturated carbocycles. The van der Waals surface area contributed by atoms with Crippen molar-refractivity contribution in [2.75, 3.05) is 13.1 Å². The number of nitrogens with two attached hydrogens (primary N) is 1. The van der Waals surface area contributed by atoms with E-state index in [1.807, 2.05) is 4.90 Å². The SMILES string of the molecule is NC1CCC2CN(C(=O)c3cc(Cl)ccn3)CC12. The Morgan fingerprint density at radius 1 is 1.44 bits per heavy atom. The lowest BCUT2D eigenvalue weighted by atomic mass is 9.98. The summed E-state index contributed by atoms with van der Waals surface area (Å²) in [6, 6.07) is 3.55. The fourth-order valence-electron chi connectivity index (χ4n) is 3.16. The van der Waals surface area contributed by atoms with Gasteiger partial charge in [0.1, 0.15) is 5.69 Å². The third-order valence-corrected chi connectivity index (χ3v) is 4.38. The predicted molar refractivity (Wildman–Crippen MR) is 69.3 cm³/mol. The molecule has 1 aromatic heterocycles. The molecule has 0 bridgehead atoms. The van der Waals surface area contributed by atoms with Crippen molar-refractivity contribution >= 4 is 17.5 Å². The first-order valence-corrected chi connectivity index (χ1v) is 6.69. The molecule has 3 rings (SSSR count). The van der Waals surface area contributed by atoms with E-state index < -0.39 is 0 Å². The number of hydrogen-bond acceptors (Lipinski definition) is 3. The minimum absolute atomic E-state index is 0.0286. The van der Waals surface area contributed by atoms with Gasteiger partial charge in [-0.3, -0.25) is 9.78 Å². The maximum absolute atomic E-state index is 12.3. The molecular formula is C13H16ClN3O. The molecule has 1 aliphatic carbocycles. The Morgan fingerprint density at radius 2 is 2.28 bits per heavy atom. The first-order valence-electron chi connectivity index (χ1n) is 6.31. The van der Waals surface area contributed by atoms with Gasteiger partial charge < -0.3 is 10.6 Å². The van der Waals surface area contributed by atoms with Gasteiger partial charge in [0.05, 0.1) is 0 Å². The number of hydrogen-bond donors (Lipinski definition) is 1. The zero-order chi connectivity index (χ0) is 12.7. The highest BCUT2D eigenvalue weighted by atomic mass is 35.5. The minimum Gasteiger partial charge on any atom is -0.337 e. The van der Waals surface area contributed by atoms with Gasteiger partial charge in [-0.25, -0.2) is 0 Å². The Kier molecular flexibility index (Phi) is 2.99. The van der Waals surface area contributed by atoms with Gasteiger partial charge in [0, 0.05) is 30.4 Å². The van der Waals surface area contributed by atoms with Crippen molar-refractivity contribution in [2.24, 2.45) is 17.6 Å². The molecule has 2 heterocycles. The number of halogens is 1. The summed E-state index contributed by atoms with van der Waals surface area (Å²) in [5, 5.41) is 0.546. The Balaban J connectivity index is 1.75. The molecule has 3 unspecified atom stereocenters. The number of amides is 1. The molecule has 0 spiro atoms. The van der Waals surface area contributed by atoms with E-state index >= 15 is 0 Å². The molecule has 5 heteroatoms. The molecule has 1 amide bonds. The number of carbonyl (C=O) groups excluding carboxylic acids is 1. The Hall–Kier alpha value is -1.13. The number of aromatic nitrogens is 1. The van der Waals surface area contributed by atoms with Crippen LogP contribution in [0.5, 0.6) is 0 Å². The quantitative estimate of drug-likeness (QED) is 0.838. The van der Waals surface area contributed by atoms with Crippen LogP contribution in [0.3, 0.4) is 0 Å². The van der Waals surface area contributed by atoms with Gasteiger partial charge in [-0.15, -0.1) is 0 Å². The summed E-state index contributed by atoms with van der Waals surface area (Å²) >= 11 is 5.88. The van der Waals surface area contributed by atoms with Crippen LogP contribution in [0, 0.1) is 11.8 Å². The van der Waals surface area contributed by atoms with E-state index in [1.54, 1.807) is 18.3 Å².